The molecule has 5 heteroatoms. The first-order chi connectivity index (χ1) is 7.49. The van der Waals surface area contributed by atoms with Crippen LogP contribution in [0.1, 0.15) is 19.7 Å². The number of imidazole rings is 1. The van der Waals surface area contributed by atoms with Gasteiger partial charge in [-0.05, 0) is 5.92 Å². The van der Waals surface area contributed by atoms with Gasteiger partial charge in [0.05, 0.1) is 13.1 Å². The molecule has 1 aromatic heterocycles. The zero-order valence-corrected chi connectivity index (χ0v) is 10.1. The van der Waals surface area contributed by atoms with Crippen molar-refractivity contribution in [3.05, 3.63) is 18.2 Å². The quantitative estimate of drug-likeness (QED) is 0.783. The van der Waals surface area contributed by atoms with E-state index >= 15 is 0 Å². The van der Waals surface area contributed by atoms with Crippen molar-refractivity contribution in [2.24, 2.45) is 13.0 Å². The Morgan fingerprint density at radius 1 is 1.62 bits per heavy atom. The van der Waals surface area contributed by atoms with Crippen LogP contribution >= 0.6 is 0 Å². The van der Waals surface area contributed by atoms with E-state index in [4.69, 9.17) is 5.11 Å². The average molecular weight is 225 g/mol. The topological polar surface area (TPSA) is 58.4 Å². The molecule has 1 rings (SSSR count). The number of hydrogen-bond acceptors (Lipinski definition) is 3. The van der Waals surface area contributed by atoms with Crippen LogP contribution in [0, 0.1) is 5.92 Å². The number of carboxylic acid groups (broad SMARTS) is 1. The second-order valence-electron chi connectivity index (χ2n) is 4.41. The highest BCUT2D eigenvalue weighted by Gasteiger charge is 2.13. The molecule has 1 N–H and O–H groups in total. The van der Waals surface area contributed by atoms with E-state index in [1.807, 2.05) is 22.7 Å². The van der Waals surface area contributed by atoms with Crippen molar-refractivity contribution in [2.45, 2.75) is 20.4 Å². The van der Waals surface area contributed by atoms with Crippen LogP contribution in [0.4, 0.5) is 0 Å². The molecule has 5 nitrogen and oxygen atoms in total. The van der Waals surface area contributed by atoms with Crippen LogP contribution in [-0.2, 0) is 18.4 Å². The summed E-state index contributed by atoms with van der Waals surface area (Å²) in [7, 11) is 1.91. The summed E-state index contributed by atoms with van der Waals surface area (Å²) in [6, 6.07) is 0. The minimum absolute atomic E-state index is 0.0606. The van der Waals surface area contributed by atoms with Crippen molar-refractivity contribution in [3.63, 3.8) is 0 Å². The number of nitrogens with zero attached hydrogens (tertiary/aromatic N) is 3. The summed E-state index contributed by atoms with van der Waals surface area (Å²) in [5, 5.41) is 8.83. The Balaban J connectivity index is 2.62. The lowest BCUT2D eigenvalue weighted by Crippen LogP contribution is -2.33. The molecule has 0 radical (unpaired) electrons. The lowest BCUT2D eigenvalue weighted by atomic mass is 10.2. The zero-order valence-electron chi connectivity index (χ0n) is 10.1. The van der Waals surface area contributed by atoms with E-state index in [0.717, 1.165) is 12.4 Å². The first kappa shape index (κ1) is 12.7. The highest BCUT2D eigenvalue weighted by molar-refractivity contribution is 5.69. The van der Waals surface area contributed by atoms with Gasteiger partial charge in [0.25, 0.3) is 0 Å². The summed E-state index contributed by atoms with van der Waals surface area (Å²) in [5.41, 5.74) is 0. The summed E-state index contributed by atoms with van der Waals surface area (Å²) in [5.74, 6) is 0.538. The summed E-state index contributed by atoms with van der Waals surface area (Å²) in [6.07, 6.45) is 3.59. The predicted octanol–water partition coefficient (Wildman–Crippen LogP) is 0.963. The van der Waals surface area contributed by atoms with Crippen molar-refractivity contribution in [2.75, 3.05) is 13.1 Å². The molecule has 16 heavy (non-hydrogen) atoms. The molecule has 0 atom stereocenters. The molecule has 0 aromatic carbocycles. The fraction of sp³-hybridized carbons (Fsp3) is 0.636. The molecule has 1 aromatic rings. The normalized spacial score (nSPS) is 11.3. The van der Waals surface area contributed by atoms with E-state index in [1.165, 1.54) is 0 Å². The standard InChI is InChI=1S/C11H19N3O2/c1-9(2)6-14(8-11(15)16)7-10-12-4-5-13(10)3/h4-5,9H,6-8H2,1-3H3,(H,15,16). The molecular weight excluding hydrogens is 206 g/mol. The summed E-state index contributed by atoms with van der Waals surface area (Å²) >= 11 is 0. The van der Waals surface area contributed by atoms with Crippen LogP contribution in [0.5, 0.6) is 0 Å². The SMILES string of the molecule is CC(C)CN(CC(=O)O)Cc1nccn1C. The second kappa shape index (κ2) is 5.65. The van der Waals surface area contributed by atoms with Crippen molar-refractivity contribution in [1.82, 2.24) is 14.5 Å². The van der Waals surface area contributed by atoms with Crippen molar-refractivity contribution >= 4 is 5.97 Å². The van der Waals surface area contributed by atoms with Crippen molar-refractivity contribution < 1.29 is 9.90 Å². The van der Waals surface area contributed by atoms with Crippen molar-refractivity contribution in [3.8, 4) is 0 Å². The van der Waals surface area contributed by atoms with E-state index in [0.29, 0.717) is 12.5 Å². The number of aliphatic carboxylic acids is 1. The molecule has 0 saturated carbocycles. The Bertz CT molecular complexity index is 347. The number of aromatic nitrogens is 2. The third-order valence-corrected chi connectivity index (χ3v) is 2.27. The molecule has 0 aliphatic carbocycles. The zero-order chi connectivity index (χ0) is 12.1. The number of carboxylic acids is 1. The molecule has 90 valence electrons. The molecule has 0 unspecified atom stereocenters. The fourth-order valence-corrected chi connectivity index (χ4v) is 1.64. The maximum atomic E-state index is 10.7. The third kappa shape index (κ3) is 4.02. The van der Waals surface area contributed by atoms with Crippen LogP contribution in [-0.4, -0.2) is 38.6 Å². The maximum absolute atomic E-state index is 10.7. The Hall–Kier alpha value is -1.36. The summed E-state index contributed by atoms with van der Waals surface area (Å²) in [4.78, 5) is 16.8. The highest BCUT2D eigenvalue weighted by atomic mass is 16.4. The molecule has 0 spiro atoms. The molecule has 0 aliphatic heterocycles. The molecule has 0 saturated heterocycles. The van der Waals surface area contributed by atoms with E-state index in [-0.39, 0.29) is 6.54 Å². The molecule has 0 fully saturated rings. The largest absolute Gasteiger partial charge is 0.480 e. The maximum Gasteiger partial charge on any atom is 0.317 e. The lowest BCUT2D eigenvalue weighted by Gasteiger charge is -2.21. The van der Waals surface area contributed by atoms with Gasteiger partial charge in [-0.3, -0.25) is 9.69 Å². The van der Waals surface area contributed by atoms with Gasteiger partial charge >= 0.3 is 5.97 Å². The van der Waals surface area contributed by atoms with Gasteiger partial charge in [-0.2, -0.15) is 0 Å². The van der Waals surface area contributed by atoms with Crippen LogP contribution in [0.25, 0.3) is 0 Å². The molecular formula is C11H19N3O2. The van der Waals surface area contributed by atoms with E-state index in [1.54, 1.807) is 6.20 Å². The van der Waals surface area contributed by atoms with Crippen molar-refractivity contribution in [1.29, 1.82) is 0 Å². The first-order valence-corrected chi connectivity index (χ1v) is 5.39. The van der Waals surface area contributed by atoms with Gasteiger partial charge in [0.1, 0.15) is 5.82 Å². The molecule has 0 amide bonds. The van der Waals surface area contributed by atoms with E-state index < -0.39 is 5.97 Å². The van der Waals surface area contributed by atoms with Gasteiger partial charge in [0.15, 0.2) is 0 Å². The number of hydrogen-bond donors (Lipinski definition) is 1. The Morgan fingerprint density at radius 2 is 2.31 bits per heavy atom. The number of aryl methyl sites for hydroxylation is 1. The van der Waals surface area contributed by atoms with Crippen LogP contribution < -0.4 is 0 Å². The third-order valence-electron chi connectivity index (χ3n) is 2.27. The fourth-order valence-electron chi connectivity index (χ4n) is 1.64. The smallest absolute Gasteiger partial charge is 0.317 e. The lowest BCUT2D eigenvalue weighted by molar-refractivity contribution is -0.138. The van der Waals surface area contributed by atoms with Gasteiger partial charge in [0, 0.05) is 26.0 Å². The molecule has 1 heterocycles. The second-order valence-corrected chi connectivity index (χ2v) is 4.41. The van der Waals surface area contributed by atoms with Crippen LogP contribution in [0.2, 0.25) is 0 Å². The van der Waals surface area contributed by atoms with Gasteiger partial charge in [-0.25, -0.2) is 4.98 Å². The molecule has 0 aliphatic rings. The Morgan fingerprint density at radius 3 is 2.75 bits per heavy atom. The Labute approximate surface area is 95.7 Å². The van der Waals surface area contributed by atoms with Gasteiger partial charge in [-0.15, -0.1) is 0 Å². The average Bonchev–Trinajstić information content (AvgIpc) is 2.49. The predicted molar refractivity (Wildman–Crippen MR) is 61.0 cm³/mol. The Kier molecular flexibility index (Phi) is 4.49. The van der Waals surface area contributed by atoms with Crippen LogP contribution in [0.3, 0.4) is 0 Å². The number of carbonyl (C=O) groups is 1. The van der Waals surface area contributed by atoms with E-state index in [2.05, 4.69) is 18.8 Å². The van der Waals surface area contributed by atoms with Gasteiger partial charge in [-0.1, -0.05) is 13.8 Å². The minimum atomic E-state index is -0.796. The highest BCUT2D eigenvalue weighted by Crippen LogP contribution is 2.05. The monoisotopic (exact) mass is 225 g/mol. The van der Waals surface area contributed by atoms with Gasteiger partial charge in [0.2, 0.25) is 0 Å². The van der Waals surface area contributed by atoms with E-state index in [9.17, 15) is 4.79 Å². The molecule has 0 bridgehead atoms. The van der Waals surface area contributed by atoms with Gasteiger partial charge < -0.3 is 9.67 Å². The van der Waals surface area contributed by atoms with Crippen LogP contribution in [0.15, 0.2) is 12.4 Å². The minimum Gasteiger partial charge on any atom is -0.480 e. The summed E-state index contributed by atoms with van der Waals surface area (Å²) < 4.78 is 1.91. The number of rotatable bonds is 6. The first-order valence-electron chi connectivity index (χ1n) is 5.39. The summed E-state index contributed by atoms with van der Waals surface area (Å²) in [6.45, 7) is 5.55.